The third-order valence-electron chi connectivity index (χ3n) is 3.74. The van der Waals surface area contributed by atoms with Gasteiger partial charge in [0, 0.05) is 40.6 Å². The molecule has 1 fully saturated rings. The van der Waals surface area contributed by atoms with E-state index in [0.717, 1.165) is 11.1 Å². The average Bonchev–Trinajstić information content (AvgIpc) is 2.47. The minimum atomic E-state index is -3.47. The van der Waals surface area contributed by atoms with Crippen molar-refractivity contribution in [2.75, 3.05) is 24.6 Å². The highest BCUT2D eigenvalue weighted by Crippen LogP contribution is 2.31. The van der Waals surface area contributed by atoms with Crippen LogP contribution in [0.1, 0.15) is 6.92 Å². The van der Waals surface area contributed by atoms with Gasteiger partial charge >= 0.3 is 0 Å². The molecule has 4 nitrogen and oxygen atoms in total. The van der Waals surface area contributed by atoms with Gasteiger partial charge in [0.2, 0.25) is 10.0 Å². The highest BCUT2D eigenvalue weighted by molar-refractivity contribution is 8.00. The molecule has 112 valence electrons. The van der Waals surface area contributed by atoms with E-state index in [1.54, 1.807) is 16.4 Å². The van der Waals surface area contributed by atoms with Crippen molar-refractivity contribution in [3.63, 3.8) is 0 Å². The summed E-state index contributed by atoms with van der Waals surface area (Å²) in [5.74, 6) is 0.841. The first-order chi connectivity index (χ1) is 10.00. The molecule has 0 bridgehead atoms. The zero-order valence-corrected chi connectivity index (χ0v) is 13.5. The topological polar surface area (TPSA) is 63.4 Å². The second kappa shape index (κ2) is 5.51. The summed E-state index contributed by atoms with van der Waals surface area (Å²) < 4.78 is 27.5. The van der Waals surface area contributed by atoms with Crippen LogP contribution in [0.3, 0.4) is 0 Å². The van der Waals surface area contributed by atoms with Gasteiger partial charge < -0.3 is 5.73 Å². The summed E-state index contributed by atoms with van der Waals surface area (Å²) in [5, 5.41) is 1.81. The van der Waals surface area contributed by atoms with E-state index >= 15 is 0 Å². The molecule has 6 heteroatoms. The van der Waals surface area contributed by atoms with Crippen LogP contribution in [0.5, 0.6) is 0 Å². The van der Waals surface area contributed by atoms with Gasteiger partial charge in [-0.25, -0.2) is 8.42 Å². The fourth-order valence-corrected chi connectivity index (χ4v) is 5.61. The lowest BCUT2D eigenvalue weighted by Crippen LogP contribution is -2.41. The van der Waals surface area contributed by atoms with E-state index in [9.17, 15) is 8.42 Å². The maximum absolute atomic E-state index is 12.9. The molecule has 1 aliphatic heterocycles. The Morgan fingerprint density at radius 2 is 1.90 bits per heavy atom. The first-order valence-corrected chi connectivity index (χ1v) is 9.38. The van der Waals surface area contributed by atoms with Gasteiger partial charge in [0.25, 0.3) is 0 Å². The van der Waals surface area contributed by atoms with E-state index in [4.69, 9.17) is 5.73 Å². The molecule has 0 amide bonds. The predicted octanol–water partition coefficient (Wildman–Crippen LogP) is 2.55. The minimum Gasteiger partial charge on any atom is -0.398 e. The summed E-state index contributed by atoms with van der Waals surface area (Å²) >= 11 is 1.81. The first kappa shape index (κ1) is 14.7. The molecule has 0 aromatic heterocycles. The number of hydrogen-bond acceptors (Lipinski definition) is 4. The standard InChI is InChI=1S/C15H18N2O2S2/c1-11-10-17(8-9-20-11)21(18,19)15-7-6-14(16)12-4-2-3-5-13(12)15/h2-7,11H,8-10,16H2,1H3. The lowest BCUT2D eigenvalue weighted by Gasteiger charge is -2.30. The monoisotopic (exact) mass is 322 g/mol. The van der Waals surface area contributed by atoms with Crippen LogP contribution in [0.25, 0.3) is 10.8 Å². The second-order valence-electron chi connectivity index (χ2n) is 5.24. The van der Waals surface area contributed by atoms with Gasteiger partial charge in [-0.1, -0.05) is 31.2 Å². The van der Waals surface area contributed by atoms with Gasteiger partial charge in [-0.15, -0.1) is 0 Å². The Balaban J connectivity index is 2.13. The third-order valence-corrected chi connectivity index (χ3v) is 6.80. The summed E-state index contributed by atoms with van der Waals surface area (Å²) in [6, 6.07) is 10.7. The van der Waals surface area contributed by atoms with Crippen LogP contribution in [-0.2, 0) is 10.0 Å². The highest BCUT2D eigenvalue weighted by atomic mass is 32.2. The lowest BCUT2D eigenvalue weighted by atomic mass is 10.1. The number of benzene rings is 2. The Labute approximate surface area is 129 Å². The molecule has 2 aromatic carbocycles. The largest absolute Gasteiger partial charge is 0.398 e. The SMILES string of the molecule is CC1CN(S(=O)(=O)c2ccc(N)c3ccccc23)CCS1. The van der Waals surface area contributed by atoms with Crippen molar-refractivity contribution < 1.29 is 8.42 Å². The van der Waals surface area contributed by atoms with Crippen molar-refractivity contribution in [3.05, 3.63) is 36.4 Å². The molecular weight excluding hydrogens is 304 g/mol. The molecule has 2 aromatic rings. The van der Waals surface area contributed by atoms with Crippen LogP contribution < -0.4 is 5.73 Å². The van der Waals surface area contributed by atoms with Gasteiger partial charge in [0.1, 0.15) is 0 Å². The van der Waals surface area contributed by atoms with Crippen LogP contribution >= 0.6 is 11.8 Å². The molecule has 3 rings (SSSR count). The van der Waals surface area contributed by atoms with Gasteiger partial charge in [0.05, 0.1) is 4.90 Å². The number of thioether (sulfide) groups is 1. The van der Waals surface area contributed by atoms with Gasteiger partial charge in [-0.3, -0.25) is 0 Å². The smallest absolute Gasteiger partial charge is 0.243 e. The fourth-order valence-electron chi connectivity index (χ4n) is 2.66. The number of anilines is 1. The number of sulfonamides is 1. The molecule has 2 N–H and O–H groups in total. The number of nitrogen functional groups attached to an aromatic ring is 1. The van der Waals surface area contributed by atoms with E-state index in [0.29, 0.717) is 34.3 Å². The number of nitrogens with two attached hydrogens (primary N) is 1. The van der Waals surface area contributed by atoms with Crippen molar-refractivity contribution in [1.29, 1.82) is 0 Å². The van der Waals surface area contributed by atoms with Gasteiger partial charge in [-0.05, 0) is 12.1 Å². The van der Waals surface area contributed by atoms with Crippen LogP contribution in [0, 0.1) is 0 Å². The van der Waals surface area contributed by atoms with E-state index in [-0.39, 0.29) is 0 Å². The molecule has 1 saturated heterocycles. The highest BCUT2D eigenvalue weighted by Gasteiger charge is 2.30. The second-order valence-corrected chi connectivity index (χ2v) is 8.70. The Hall–Kier alpha value is -1.24. The number of hydrogen-bond donors (Lipinski definition) is 1. The molecule has 1 aliphatic rings. The summed E-state index contributed by atoms with van der Waals surface area (Å²) in [4.78, 5) is 0.353. The summed E-state index contributed by atoms with van der Waals surface area (Å²) in [6.45, 7) is 3.19. The molecule has 1 heterocycles. The zero-order valence-electron chi connectivity index (χ0n) is 11.8. The lowest BCUT2D eigenvalue weighted by molar-refractivity contribution is 0.425. The maximum atomic E-state index is 12.9. The van der Waals surface area contributed by atoms with Gasteiger partial charge in [-0.2, -0.15) is 16.1 Å². The molecule has 1 atom stereocenters. The molecule has 0 spiro atoms. The normalized spacial score (nSPS) is 20.7. The molecular formula is C15H18N2O2S2. The van der Waals surface area contributed by atoms with Crippen LogP contribution in [0.4, 0.5) is 5.69 Å². The summed E-state index contributed by atoms with van der Waals surface area (Å²) in [5.41, 5.74) is 6.56. The Bertz CT molecular complexity index is 774. The summed E-state index contributed by atoms with van der Waals surface area (Å²) in [6.07, 6.45) is 0. The third kappa shape index (κ3) is 2.63. The number of rotatable bonds is 2. The van der Waals surface area contributed by atoms with E-state index in [1.165, 1.54) is 0 Å². The quantitative estimate of drug-likeness (QED) is 0.863. The molecule has 0 saturated carbocycles. The first-order valence-electron chi connectivity index (χ1n) is 6.89. The van der Waals surface area contributed by atoms with E-state index in [1.807, 2.05) is 36.0 Å². The fraction of sp³-hybridized carbons (Fsp3) is 0.333. The van der Waals surface area contributed by atoms with Crippen molar-refractivity contribution in [2.45, 2.75) is 17.1 Å². The number of nitrogens with zero attached hydrogens (tertiary/aromatic N) is 1. The van der Waals surface area contributed by atoms with Crippen LogP contribution in [0.2, 0.25) is 0 Å². The molecule has 21 heavy (non-hydrogen) atoms. The maximum Gasteiger partial charge on any atom is 0.243 e. The minimum absolute atomic E-state index is 0.327. The zero-order chi connectivity index (χ0) is 15.0. The number of fused-ring (bicyclic) bond motifs is 1. The van der Waals surface area contributed by atoms with Crippen molar-refractivity contribution in [3.8, 4) is 0 Å². The van der Waals surface area contributed by atoms with Gasteiger partial charge in [0.15, 0.2) is 0 Å². The van der Waals surface area contributed by atoms with Crippen LogP contribution in [-0.4, -0.2) is 36.8 Å². The molecule has 0 radical (unpaired) electrons. The van der Waals surface area contributed by atoms with Crippen molar-refractivity contribution >= 4 is 38.2 Å². The Morgan fingerprint density at radius 1 is 1.19 bits per heavy atom. The van der Waals surface area contributed by atoms with Crippen molar-refractivity contribution in [1.82, 2.24) is 4.31 Å². The van der Waals surface area contributed by atoms with Crippen LogP contribution in [0.15, 0.2) is 41.3 Å². The molecule has 1 unspecified atom stereocenters. The Kier molecular flexibility index (Phi) is 3.86. The molecule has 0 aliphatic carbocycles. The van der Waals surface area contributed by atoms with Crippen molar-refractivity contribution in [2.24, 2.45) is 0 Å². The Morgan fingerprint density at radius 3 is 2.62 bits per heavy atom. The average molecular weight is 322 g/mol. The van der Waals surface area contributed by atoms with E-state index in [2.05, 4.69) is 6.92 Å². The predicted molar refractivity (Wildman–Crippen MR) is 89.0 cm³/mol. The van der Waals surface area contributed by atoms with E-state index < -0.39 is 10.0 Å². The summed E-state index contributed by atoms with van der Waals surface area (Å²) in [7, 11) is -3.47.